The van der Waals surface area contributed by atoms with E-state index in [1.165, 1.54) is 5.56 Å². The van der Waals surface area contributed by atoms with Gasteiger partial charge in [-0.2, -0.15) is 0 Å². The molecule has 0 aliphatic heterocycles. The third-order valence-corrected chi connectivity index (χ3v) is 3.52. The molecule has 1 aromatic heterocycles. The first-order valence-electron chi connectivity index (χ1n) is 6.52. The number of hydrogen-bond donors (Lipinski definition) is 1. The summed E-state index contributed by atoms with van der Waals surface area (Å²) in [5, 5.41) is 2.88. The molecule has 1 aromatic carbocycles. The Bertz CT molecular complexity index is 577. The van der Waals surface area contributed by atoms with Crippen molar-refractivity contribution in [1.82, 2.24) is 4.98 Å². The minimum atomic E-state index is 0.0743. The van der Waals surface area contributed by atoms with Crippen LogP contribution in [0.2, 0.25) is 0 Å². The van der Waals surface area contributed by atoms with Crippen LogP contribution in [0.5, 0.6) is 0 Å². The summed E-state index contributed by atoms with van der Waals surface area (Å²) < 4.78 is 0. The molecule has 1 fully saturated rings. The number of carbonyl (C=O) groups excluding carboxylic acids is 1. The van der Waals surface area contributed by atoms with Crippen molar-refractivity contribution in [2.75, 3.05) is 5.32 Å². The molecule has 1 saturated carbocycles. The molecule has 0 radical (unpaired) electrons. The molecule has 19 heavy (non-hydrogen) atoms. The lowest BCUT2D eigenvalue weighted by Crippen LogP contribution is -2.15. The molecule has 0 bridgehead atoms. The van der Waals surface area contributed by atoms with E-state index >= 15 is 0 Å². The van der Waals surface area contributed by atoms with Gasteiger partial charge in [0.25, 0.3) is 0 Å². The number of benzene rings is 1. The van der Waals surface area contributed by atoms with E-state index in [2.05, 4.69) is 22.4 Å². The van der Waals surface area contributed by atoms with Crippen LogP contribution in [-0.2, 0) is 4.79 Å². The Morgan fingerprint density at radius 2 is 2.00 bits per heavy atom. The Balaban J connectivity index is 1.63. The highest BCUT2D eigenvalue weighted by molar-refractivity contribution is 5.94. The summed E-state index contributed by atoms with van der Waals surface area (Å²) in [6.07, 6.45) is 2.69. The number of aromatic nitrogens is 1. The molecular weight excluding hydrogens is 236 g/mol. The van der Waals surface area contributed by atoms with E-state index in [0.717, 1.165) is 12.0 Å². The van der Waals surface area contributed by atoms with Gasteiger partial charge in [0.15, 0.2) is 0 Å². The van der Waals surface area contributed by atoms with Gasteiger partial charge in [-0.25, -0.2) is 4.98 Å². The van der Waals surface area contributed by atoms with Crippen molar-refractivity contribution >= 4 is 11.7 Å². The minimum Gasteiger partial charge on any atom is -0.310 e. The number of hydrogen-bond acceptors (Lipinski definition) is 2. The summed E-state index contributed by atoms with van der Waals surface area (Å²) in [5.74, 6) is 1.16. The number of aryl methyl sites for hydroxylation is 1. The molecule has 2 aromatic rings. The van der Waals surface area contributed by atoms with Gasteiger partial charge in [-0.3, -0.25) is 4.79 Å². The van der Waals surface area contributed by atoms with Gasteiger partial charge < -0.3 is 5.32 Å². The van der Waals surface area contributed by atoms with Crippen molar-refractivity contribution in [1.29, 1.82) is 0 Å². The SMILES string of the molecule is Cc1ccc(NC(=O)C2CC2c2ccccc2)nc1. The second kappa shape index (κ2) is 4.84. The van der Waals surface area contributed by atoms with Crippen molar-refractivity contribution in [3.63, 3.8) is 0 Å². The Kier molecular flexibility index (Phi) is 3.03. The fraction of sp³-hybridized carbons (Fsp3) is 0.250. The van der Waals surface area contributed by atoms with Gasteiger partial charge in [0.2, 0.25) is 5.91 Å². The average Bonchev–Trinajstić information content (AvgIpc) is 3.23. The van der Waals surface area contributed by atoms with Crippen LogP contribution in [0.1, 0.15) is 23.5 Å². The largest absolute Gasteiger partial charge is 0.310 e. The molecular formula is C16H16N2O. The molecule has 2 unspecified atom stereocenters. The Morgan fingerprint density at radius 1 is 1.21 bits per heavy atom. The van der Waals surface area contributed by atoms with Gasteiger partial charge in [0, 0.05) is 12.1 Å². The summed E-state index contributed by atoms with van der Waals surface area (Å²) in [5.41, 5.74) is 2.34. The highest BCUT2D eigenvalue weighted by Crippen LogP contribution is 2.47. The maximum absolute atomic E-state index is 12.1. The maximum Gasteiger partial charge on any atom is 0.229 e. The predicted molar refractivity (Wildman–Crippen MR) is 74.9 cm³/mol. The first kappa shape index (κ1) is 11.9. The van der Waals surface area contributed by atoms with E-state index in [1.807, 2.05) is 37.3 Å². The molecule has 0 spiro atoms. The van der Waals surface area contributed by atoms with Crippen LogP contribution in [0.3, 0.4) is 0 Å². The van der Waals surface area contributed by atoms with E-state index in [9.17, 15) is 4.79 Å². The fourth-order valence-corrected chi connectivity index (χ4v) is 2.31. The van der Waals surface area contributed by atoms with E-state index in [0.29, 0.717) is 11.7 Å². The molecule has 2 atom stereocenters. The lowest BCUT2D eigenvalue weighted by atomic mass is 10.1. The van der Waals surface area contributed by atoms with Gasteiger partial charge in [-0.05, 0) is 36.5 Å². The molecule has 1 aliphatic rings. The first-order valence-corrected chi connectivity index (χ1v) is 6.52. The summed E-state index contributed by atoms with van der Waals surface area (Å²) in [4.78, 5) is 16.3. The van der Waals surface area contributed by atoms with Crippen molar-refractivity contribution < 1.29 is 4.79 Å². The molecule has 1 aliphatic carbocycles. The van der Waals surface area contributed by atoms with Crippen molar-refractivity contribution in [3.8, 4) is 0 Å². The second-order valence-electron chi connectivity index (χ2n) is 5.07. The Labute approximate surface area is 112 Å². The van der Waals surface area contributed by atoms with Crippen molar-refractivity contribution in [2.24, 2.45) is 5.92 Å². The van der Waals surface area contributed by atoms with Crippen LogP contribution in [-0.4, -0.2) is 10.9 Å². The van der Waals surface area contributed by atoms with Crippen LogP contribution in [0.15, 0.2) is 48.7 Å². The monoisotopic (exact) mass is 252 g/mol. The van der Waals surface area contributed by atoms with Crippen LogP contribution >= 0.6 is 0 Å². The van der Waals surface area contributed by atoms with Gasteiger partial charge >= 0.3 is 0 Å². The molecule has 1 N–H and O–H groups in total. The van der Waals surface area contributed by atoms with Gasteiger partial charge in [-0.1, -0.05) is 36.4 Å². The van der Waals surface area contributed by atoms with Crippen LogP contribution < -0.4 is 5.32 Å². The number of pyridine rings is 1. The number of nitrogens with zero attached hydrogens (tertiary/aromatic N) is 1. The molecule has 3 heteroatoms. The van der Waals surface area contributed by atoms with E-state index in [4.69, 9.17) is 0 Å². The van der Waals surface area contributed by atoms with Crippen molar-refractivity contribution in [3.05, 3.63) is 59.8 Å². The number of carbonyl (C=O) groups is 1. The van der Waals surface area contributed by atoms with Crippen LogP contribution in [0.25, 0.3) is 0 Å². The van der Waals surface area contributed by atoms with Crippen molar-refractivity contribution in [2.45, 2.75) is 19.3 Å². The number of anilines is 1. The summed E-state index contributed by atoms with van der Waals surface area (Å²) in [7, 11) is 0. The lowest BCUT2D eigenvalue weighted by Gasteiger charge is -2.04. The smallest absolute Gasteiger partial charge is 0.229 e. The average molecular weight is 252 g/mol. The lowest BCUT2D eigenvalue weighted by molar-refractivity contribution is -0.117. The zero-order valence-electron chi connectivity index (χ0n) is 10.8. The quantitative estimate of drug-likeness (QED) is 0.911. The molecule has 0 saturated heterocycles. The van der Waals surface area contributed by atoms with Gasteiger partial charge in [-0.15, -0.1) is 0 Å². The molecule has 3 rings (SSSR count). The normalized spacial score (nSPS) is 20.9. The number of rotatable bonds is 3. The summed E-state index contributed by atoms with van der Waals surface area (Å²) >= 11 is 0. The molecule has 3 nitrogen and oxygen atoms in total. The third kappa shape index (κ3) is 2.65. The first-order chi connectivity index (χ1) is 9.24. The highest BCUT2D eigenvalue weighted by Gasteiger charge is 2.43. The molecule has 96 valence electrons. The Morgan fingerprint density at radius 3 is 2.68 bits per heavy atom. The zero-order valence-corrected chi connectivity index (χ0v) is 10.8. The van der Waals surface area contributed by atoms with Crippen LogP contribution in [0, 0.1) is 12.8 Å². The highest BCUT2D eigenvalue weighted by atomic mass is 16.2. The number of amides is 1. The summed E-state index contributed by atoms with van der Waals surface area (Å²) in [6, 6.07) is 14.0. The van der Waals surface area contributed by atoms with Gasteiger partial charge in [0.1, 0.15) is 5.82 Å². The predicted octanol–water partition coefficient (Wildman–Crippen LogP) is 3.13. The zero-order chi connectivity index (χ0) is 13.2. The van der Waals surface area contributed by atoms with E-state index in [1.54, 1.807) is 6.20 Å². The minimum absolute atomic E-state index is 0.0743. The molecule has 1 heterocycles. The molecule has 1 amide bonds. The third-order valence-electron chi connectivity index (χ3n) is 3.52. The van der Waals surface area contributed by atoms with Crippen LogP contribution in [0.4, 0.5) is 5.82 Å². The Hall–Kier alpha value is -2.16. The maximum atomic E-state index is 12.1. The number of nitrogens with one attached hydrogen (secondary N) is 1. The fourth-order valence-electron chi connectivity index (χ4n) is 2.31. The summed E-state index contributed by atoms with van der Waals surface area (Å²) in [6.45, 7) is 1.98. The van der Waals surface area contributed by atoms with E-state index < -0.39 is 0 Å². The topological polar surface area (TPSA) is 42.0 Å². The standard InChI is InChI=1S/C16H16N2O/c1-11-7-8-15(17-10-11)18-16(19)14-9-13(14)12-5-3-2-4-6-12/h2-8,10,13-14H,9H2,1H3,(H,17,18,19). The van der Waals surface area contributed by atoms with Gasteiger partial charge in [0.05, 0.1) is 0 Å². The van der Waals surface area contributed by atoms with E-state index in [-0.39, 0.29) is 11.8 Å². The second-order valence-corrected chi connectivity index (χ2v) is 5.07.